The number of rotatable bonds is 3. The molecule has 1 aromatic carbocycles. The smallest absolute Gasteiger partial charge is 0.276 e. The molecule has 1 amide bonds. The Morgan fingerprint density at radius 3 is 3.14 bits per heavy atom. The van der Waals surface area contributed by atoms with Crippen molar-refractivity contribution in [3.8, 4) is 5.75 Å². The highest BCUT2D eigenvalue weighted by molar-refractivity contribution is 9.10. The number of aromatic nitrogens is 2. The fourth-order valence-electron chi connectivity index (χ4n) is 2.34. The lowest BCUT2D eigenvalue weighted by molar-refractivity contribution is 0.102. The normalized spacial score (nSPS) is 13.6. The van der Waals surface area contributed by atoms with Gasteiger partial charge in [0.2, 0.25) is 0 Å². The maximum absolute atomic E-state index is 12.4. The van der Waals surface area contributed by atoms with Crippen LogP contribution in [-0.4, -0.2) is 29.8 Å². The van der Waals surface area contributed by atoms with E-state index in [0.29, 0.717) is 23.7 Å². The Balaban J connectivity index is 1.82. The zero-order valence-corrected chi connectivity index (χ0v) is 13.1. The molecule has 7 heteroatoms. The van der Waals surface area contributed by atoms with Gasteiger partial charge in [-0.2, -0.15) is 5.10 Å². The van der Waals surface area contributed by atoms with E-state index in [2.05, 4.69) is 36.8 Å². The number of carbonyl (C=O) groups is 1. The summed E-state index contributed by atoms with van der Waals surface area (Å²) in [4.78, 5) is 12.4. The fraction of sp³-hybridized carbons (Fsp3) is 0.286. The molecule has 3 rings (SSSR count). The molecule has 110 valence electrons. The van der Waals surface area contributed by atoms with Gasteiger partial charge in [0, 0.05) is 42.5 Å². The van der Waals surface area contributed by atoms with Gasteiger partial charge in [-0.25, -0.2) is 0 Å². The maximum Gasteiger partial charge on any atom is 0.276 e. The van der Waals surface area contributed by atoms with Gasteiger partial charge < -0.3 is 15.4 Å². The van der Waals surface area contributed by atoms with E-state index in [0.717, 1.165) is 28.7 Å². The molecule has 21 heavy (non-hydrogen) atoms. The van der Waals surface area contributed by atoms with Crippen LogP contribution in [0, 0.1) is 0 Å². The molecule has 0 radical (unpaired) electrons. The Kier molecular flexibility index (Phi) is 3.94. The minimum absolute atomic E-state index is 0.222. The number of ether oxygens (including phenoxy) is 1. The van der Waals surface area contributed by atoms with Crippen LogP contribution in [0.5, 0.6) is 5.75 Å². The molecule has 0 fully saturated rings. The average Bonchev–Trinajstić information content (AvgIpc) is 2.93. The first-order valence-electron chi connectivity index (χ1n) is 6.60. The molecule has 0 atom stereocenters. The van der Waals surface area contributed by atoms with Gasteiger partial charge in [-0.15, -0.1) is 0 Å². The number of H-pyrrole nitrogens is 1. The number of benzene rings is 1. The number of amides is 1. The van der Waals surface area contributed by atoms with E-state index in [1.54, 1.807) is 13.2 Å². The standard InChI is InChI=1S/C14H15BrN4O2/c1-21-12-6-8(2-3-10(12)15)17-14(20)13-9-7-16-5-4-11(9)18-19-13/h2-3,6,16H,4-5,7H2,1H3,(H,17,20)(H,18,19). The van der Waals surface area contributed by atoms with Gasteiger partial charge in [0.15, 0.2) is 5.69 Å². The van der Waals surface area contributed by atoms with Crippen molar-refractivity contribution in [1.82, 2.24) is 15.5 Å². The Hall–Kier alpha value is -1.86. The minimum atomic E-state index is -0.222. The lowest BCUT2D eigenvalue weighted by Crippen LogP contribution is -2.25. The van der Waals surface area contributed by atoms with Gasteiger partial charge in [0.25, 0.3) is 5.91 Å². The van der Waals surface area contributed by atoms with Crippen LogP contribution in [0.3, 0.4) is 0 Å². The molecule has 3 N–H and O–H groups in total. The first kappa shape index (κ1) is 14.1. The molecule has 0 saturated heterocycles. The lowest BCUT2D eigenvalue weighted by Gasteiger charge is -2.13. The van der Waals surface area contributed by atoms with Crippen molar-refractivity contribution in [2.45, 2.75) is 13.0 Å². The predicted octanol–water partition coefficient (Wildman–Crippen LogP) is 2.08. The highest BCUT2D eigenvalue weighted by atomic mass is 79.9. The number of halogens is 1. The third kappa shape index (κ3) is 2.79. The molecule has 0 spiro atoms. The zero-order chi connectivity index (χ0) is 14.8. The summed E-state index contributed by atoms with van der Waals surface area (Å²) in [7, 11) is 1.58. The van der Waals surface area contributed by atoms with Crippen LogP contribution in [-0.2, 0) is 13.0 Å². The second-order valence-electron chi connectivity index (χ2n) is 4.76. The molecule has 6 nitrogen and oxygen atoms in total. The third-order valence-corrected chi connectivity index (χ3v) is 4.09. The van der Waals surface area contributed by atoms with Gasteiger partial charge in [0.1, 0.15) is 5.75 Å². The van der Waals surface area contributed by atoms with Crippen molar-refractivity contribution in [1.29, 1.82) is 0 Å². The molecule has 0 unspecified atom stereocenters. The molecule has 0 aliphatic carbocycles. The molecule has 0 bridgehead atoms. The molecule has 1 aliphatic heterocycles. The molecule has 1 aromatic heterocycles. The van der Waals surface area contributed by atoms with E-state index in [1.807, 2.05) is 12.1 Å². The molecular weight excluding hydrogens is 336 g/mol. The Labute approximate surface area is 130 Å². The van der Waals surface area contributed by atoms with Gasteiger partial charge in [-0.3, -0.25) is 9.89 Å². The van der Waals surface area contributed by atoms with Crippen LogP contribution < -0.4 is 15.4 Å². The Morgan fingerprint density at radius 1 is 1.48 bits per heavy atom. The van der Waals surface area contributed by atoms with E-state index in [1.165, 1.54) is 0 Å². The summed E-state index contributed by atoms with van der Waals surface area (Å²) < 4.78 is 6.06. The summed E-state index contributed by atoms with van der Waals surface area (Å²) in [5.41, 5.74) is 3.09. The van der Waals surface area contributed by atoms with Crippen molar-refractivity contribution < 1.29 is 9.53 Å². The largest absolute Gasteiger partial charge is 0.495 e. The quantitative estimate of drug-likeness (QED) is 0.791. The summed E-state index contributed by atoms with van der Waals surface area (Å²) in [6.45, 7) is 1.57. The summed E-state index contributed by atoms with van der Waals surface area (Å²) in [5.74, 6) is 0.444. The molecule has 1 aliphatic rings. The lowest BCUT2D eigenvalue weighted by atomic mass is 10.1. The predicted molar refractivity (Wildman–Crippen MR) is 82.6 cm³/mol. The molecule has 2 aromatic rings. The number of aromatic amines is 1. The first-order valence-corrected chi connectivity index (χ1v) is 7.40. The van der Waals surface area contributed by atoms with Crippen LogP contribution in [0.2, 0.25) is 0 Å². The molecular formula is C14H15BrN4O2. The van der Waals surface area contributed by atoms with Crippen LogP contribution in [0.25, 0.3) is 0 Å². The highest BCUT2D eigenvalue weighted by Crippen LogP contribution is 2.28. The summed E-state index contributed by atoms with van der Waals surface area (Å²) in [6.07, 6.45) is 0.863. The summed E-state index contributed by atoms with van der Waals surface area (Å²) in [5, 5.41) is 13.2. The molecule has 2 heterocycles. The number of nitrogens with zero attached hydrogens (tertiary/aromatic N) is 1. The first-order chi connectivity index (χ1) is 10.2. The van der Waals surface area contributed by atoms with Gasteiger partial charge in [-0.05, 0) is 28.1 Å². The monoisotopic (exact) mass is 350 g/mol. The number of hydrogen-bond acceptors (Lipinski definition) is 4. The number of anilines is 1. The summed E-state index contributed by atoms with van der Waals surface area (Å²) in [6, 6.07) is 5.40. The fourth-order valence-corrected chi connectivity index (χ4v) is 2.75. The second-order valence-corrected chi connectivity index (χ2v) is 5.61. The average molecular weight is 351 g/mol. The van der Waals surface area contributed by atoms with E-state index >= 15 is 0 Å². The van der Waals surface area contributed by atoms with Crippen molar-refractivity contribution in [2.75, 3.05) is 19.0 Å². The van der Waals surface area contributed by atoms with Crippen LogP contribution in [0.4, 0.5) is 5.69 Å². The van der Waals surface area contributed by atoms with Crippen molar-refractivity contribution in [2.24, 2.45) is 0 Å². The number of fused-ring (bicyclic) bond motifs is 1. The number of carbonyl (C=O) groups excluding carboxylic acids is 1. The van der Waals surface area contributed by atoms with E-state index < -0.39 is 0 Å². The van der Waals surface area contributed by atoms with Crippen molar-refractivity contribution in [3.05, 3.63) is 39.6 Å². The van der Waals surface area contributed by atoms with E-state index in [4.69, 9.17) is 4.74 Å². The highest BCUT2D eigenvalue weighted by Gasteiger charge is 2.21. The number of nitrogens with one attached hydrogen (secondary N) is 3. The SMILES string of the molecule is COc1cc(NC(=O)c2n[nH]c3c2CNCC3)ccc1Br. The van der Waals surface area contributed by atoms with Gasteiger partial charge in [-0.1, -0.05) is 0 Å². The van der Waals surface area contributed by atoms with E-state index in [-0.39, 0.29) is 5.91 Å². The maximum atomic E-state index is 12.4. The molecule has 0 saturated carbocycles. The minimum Gasteiger partial charge on any atom is -0.495 e. The van der Waals surface area contributed by atoms with Crippen LogP contribution in [0.1, 0.15) is 21.7 Å². The summed E-state index contributed by atoms with van der Waals surface area (Å²) >= 11 is 3.38. The van der Waals surface area contributed by atoms with Crippen molar-refractivity contribution >= 4 is 27.5 Å². The topological polar surface area (TPSA) is 79.0 Å². The van der Waals surface area contributed by atoms with E-state index in [9.17, 15) is 4.79 Å². The second kappa shape index (κ2) is 5.87. The van der Waals surface area contributed by atoms with Gasteiger partial charge >= 0.3 is 0 Å². The van der Waals surface area contributed by atoms with Crippen LogP contribution >= 0.6 is 15.9 Å². The van der Waals surface area contributed by atoms with Crippen molar-refractivity contribution in [3.63, 3.8) is 0 Å². The zero-order valence-electron chi connectivity index (χ0n) is 11.5. The number of hydrogen-bond donors (Lipinski definition) is 3. The van der Waals surface area contributed by atoms with Crippen LogP contribution in [0.15, 0.2) is 22.7 Å². The Morgan fingerprint density at radius 2 is 2.33 bits per heavy atom. The number of methoxy groups -OCH3 is 1. The third-order valence-electron chi connectivity index (χ3n) is 3.43. The Bertz CT molecular complexity index is 684. The van der Waals surface area contributed by atoms with Gasteiger partial charge in [0.05, 0.1) is 11.6 Å².